The van der Waals surface area contributed by atoms with Gasteiger partial charge in [0.05, 0.1) is 4.47 Å². The van der Waals surface area contributed by atoms with Crippen LogP contribution >= 0.6 is 15.9 Å². The Bertz CT molecular complexity index is 368. The van der Waals surface area contributed by atoms with Crippen LogP contribution in [0.25, 0.3) is 0 Å². The molecule has 0 bridgehead atoms. The van der Waals surface area contributed by atoms with Crippen LogP contribution in [-0.2, 0) is 4.79 Å². The van der Waals surface area contributed by atoms with Gasteiger partial charge in [-0.3, -0.25) is 4.79 Å². The first-order valence-corrected chi connectivity index (χ1v) is 5.27. The number of carbonyl (C=O) groups excluding carboxylic acids is 1. The Labute approximate surface area is 96.9 Å². The van der Waals surface area contributed by atoms with Gasteiger partial charge in [-0.15, -0.1) is 0 Å². The molecule has 1 amide bonds. The molecular weight excluding hydrogens is 260 g/mol. The van der Waals surface area contributed by atoms with E-state index in [1.807, 2.05) is 0 Å². The lowest BCUT2D eigenvalue weighted by Gasteiger charge is -2.14. The third-order valence-electron chi connectivity index (χ3n) is 1.91. The number of carbonyl (C=O) groups is 1. The quantitative estimate of drug-likeness (QED) is 0.821. The van der Waals surface area contributed by atoms with Crippen molar-refractivity contribution in [2.45, 2.75) is 13.0 Å². The minimum atomic E-state index is -0.548. The van der Waals surface area contributed by atoms with Crippen molar-refractivity contribution in [2.24, 2.45) is 0 Å². The van der Waals surface area contributed by atoms with Crippen molar-refractivity contribution >= 4 is 27.5 Å². The SMILES string of the molecule is CNC(=O)C(C)Oc1cccc(N)c1Br. The van der Waals surface area contributed by atoms with E-state index < -0.39 is 6.10 Å². The van der Waals surface area contributed by atoms with E-state index in [1.165, 1.54) is 0 Å². The zero-order chi connectivity index (χ0) is 11.4. The number of anilines is 1. The second-order valence-corrected chi connectivity index (χ2v) is 3.83. The highest BCUT2D eigenvalue weighted by Gasteiger charge is 2.14. The van der Waals surface area contributed by atoms with Crippen molar-refractivity contribution in [1.82, 2.24) is 5.32 Å². The molecule has 4 nitrogen and oxygen atoms in total. The van der Waals surface area contributed by atoms with Gasteiger partial charge >= 0.3 is 0 Å². The topological polar surface area (TPSA) is 64.3 Å². The second kappa shape index (κ2) is 5.02. The smallest absolute Gasteiger partial charge is 0.260 e. The van der Waals surface area contributed by atoms with Crippen LogP contribution in [0.15, 0.2) is 22.7 Å². The molecule has 5 heteroatoms. The fraction of sp³-hybridized carbons (Fsp3) is 0.300. The molecule has 0 saturated carbocycles. The monoisotopic (exact) mass is 272 g/mol. The van der Waals surface area contributed by atoms with Gasteiger partial charge in [0.1, 0.15) is 5.75 Å². The Morgan fingerprint density at radius 3 is 2.87 bits per heavy atom. The Kier molecular flexibility index (Phi) is 3.96. The van der Waals surface area contributed by atoms with Gasteiger partial charge in [-0.25, -0.2) is 0 Å². The molecular formula is C10H13BrN2O2. The fourth-order valence-corrected chi connectivity index (χ4v) is 1.42. The van der Waals surface area contributed by atoms with E-state index in [2.05, 4.69) is 21.2 Å². The molecule has 0 aliphatic heterocycles. The first-order chi connectivity index (χ1) is 7.06. The van der Waals surface area contributed by atoms with Gasteiger partial charge in [0, 0.05) is 12.7 Å². The van der Waals surface area contributed by atoms with Gasteiger partial charge in [-0.2, -0.15) is 0 Å². The van der Waals surface area contributed by atoms with Gasteiger partial charge in [0.15, 0.2) is 6.10 Å². The van der Waals surface area contributed by atoms with Crippen molar-refractivity contribution in [2.75, 3.05) is 12.8 Å². The van der Waals surface area contributed by atoms with E-state index in [0.29, 0.717) is 15.9 Å². The van der Waals surface area contributed by atoms with Crippen LogP contribution in [0.5, 0.6) is 5.75 Å². The molecule has 1 rings (SSSR count). The van der Waals surface area contributed by atoms with Crippen molar-refractivity contribution in [3.05, 3.63) is 22.7 Å². The molecule has 0 spiro atoms. The molecule has 1 aromatic carbocycles. The summed E-state index contributed by atoms with van der Waals surface area (Å²) in [5, 5.41) is 2.51. The number of benzene rings is 1. The number of nitrogens with two attached hydrogens (primary N) is 1. The normalized spacial score (nSPS) is 11.9. The lowest BCUT2D eigenvalue weighted by molar-refractivity contribution is -0.126. The van der Waals surface area contributed by atoms with E-state index >= 15 is 0 Å². The molecule has 1 unspecified atom stereocenters. The van der Waals surface area contributed by atoms with E-state index in [1.54, 1.807) is 32.2 Å². The Balaban J connectivity index is 2.81. The first-order valence-electron chi connectivity index (χ1n) is 4.48. The molecule has 1 aromatic rings. The molecule has 0 aliphatic rings. The molecule has 15 heavy (non-hydrogen) atoms. The van der Waals surface area contributed by atoms with Crippen LogP contribution in [0.3, 0.4) is 0 Å². The maximum absolute atomic E-state index is 11.2. The summed E-state index contributed by atoms with van der Waals surface area (Å²) in [7, 11) is 1.57. The highest BCUT2D eigenvalue weighted by atomic mass is 79.9. The number of amides is 1. The van der Waals surface area contributed by atoms with E-state index in [4.69, 9.17) is 10.5 Å². The molecule has 0 saturated heterocycles. The minimum Gasteiger partial charge on any atom is -0.480 e. The van der Waals surface area contributed by atoms with Crippen LogP contribution in [-0.4, -0.2) is 19.1 Å². The summed E-state index contributed by atoms with van der Waals surface area (Å²) in [5.74, 6) is 0.385. The number of hydrogen-bond donors (Lipinski definition) is 2. The summed E-state index contributed by atoms with van der Waals surface area (Å²) in [6, 6.07) is 5.27. The predicted molar refractivity (Wildman–Crippen MR) is 62.7 cm³/mol. The van der Waals surface area contributed by atoms with Crippen LogP contribution < -0.4 is 15.8 Å². The summed E-state index contributed by atoms with van der Waals surface area (Å²) >= 11 is 3.30. The standard InChI is InChI=1S/C10H13BrN2O2/c1-6(10(14)13-2)15-8-5-3-4-7(12)9(8)11/h3-6H,12H2,1-2H3,(H,13,14). The van der Waals surface area contributed by atoms with Gasteiger partial charge in [0.25, 0.3) is 5.91 Å². The number of ether oxygens (including phenoxy) is 1. The molecule has 0 fully saturated rings. The van der Waals surface area contributed by atoms with Crippen molar-refractivity contribution < 1.29 is 9.53 Å². The largest absolute Gasteiger partial charge is 0.480 e. The predicted octanol–water partition coefficient (Wildman–Crippen LogP) is 1.54. The van der Waals surface area contributed by atoms with Gasteiger partial charge < -0.3 is 15.8 Å². The first kappa shape index (κ1) is 11.8. The molecule has 3 N–H and O–H groups in total. The lowest BCUT2D eigenvalue weighted by atomic mass is 10.3. The Morgan fingerprint density at radius 1 is 1.60 bits per heavy atom. The maximum atomic E-state index is 11.2. The maximum Gasteiger partial charge on any atom is 0.260 e. The van der Waals surface area contributed by atoms with Gasteiger partial charge in [-0.1, -0.05) is 6.07 Å². The van der Waals surface area contributed by atoms with Crippen LogP contribution in [0.2, 0.25) is 0 Å². The Morgan fingerprint density at radius 2 is 2.27 bits per heavy atom. The summed E-state index contributed by atoms with van der Waals surface area (Å²) in [4.78, 5) is 11.2. The average molecular weight is 273 g/mol. The van der Waals surface area contributed by atoms with Gasteiger partial charge in [-0.05, 0) is 35.0 Å². The summed E-state index contributed by atoms with van der Waals surface area (Å²) < 4.78 is 6.11. The van der Waals surface area contributed by atoms with Crippen molar-refractivity contribution in [3.63, 3.8) is 0 Å². The highest BCUT2D eigenvalue weighted by molar-refractivity contribution is 9.10. The lowest BCUT2D eigenvalue weighted by Crippen LogP contribution is -2.33. The van der Waals surface area contributed by atoms with E-state index in [9.17, 15) is 4.79 Å². The minimum absolute atomic E-state index is 0.177. The van der Waals surface area contributed by atoms with E-state index in [-0.39, 0.29) is 5.91 Å². The fourth-order valence-electron chi connectivity index (χ4n) is 1.07. The van der Waals surface area contributed by atoms with Crippen LogP contribution in [0, 0.1) is 0 Å². The number of rotatable bonds is 3. The van der Waals surface area contributed by atoms with Gasteiger partial charge in [0.2, 0.25) is 0 Å². The molecule has 0 heterocycles. The molecule has 0 radical (unpaired) electrons. The number of nitrogens with one attached hydrogen (secondary N) is 1. The van der Waals surface area contributed by atoms with Crippen molar-refractivity contribution in [3.8, 4) is 5.75 Å². The third-order valence-corrected chi connectivity index (χ3v) is 2.76. The molecule has 0 aliphatic carbocycles. The van der Waals surface area contributed by atoms with Crippen LogP contribution in [0.4, 0.5) is 5.69 Å². The zero-order valence-electron chi connectivity index (χ0n) is 8.58. The number of nitrogen functional groups attached to an aromatic ring is 1. The average Bonchev–Trinajstić information content (AvgIpc) is 2.23. The second-order valence-electron chi connectivity index (χ2n) is 3.03. The summed E-state index contributed by atoms with van der Waals surface area (Å²) in [6.07, 6.45) is -0.548. The molecule has 1 atom stereocenters. The van der Waals surface area contributed by atoms with Crippen LogP contribution in [0.1, 0.15) is 6.92 Å². The highest BCUT2D eigenvalue weighted by Crippen LogP contribution is 2.30. The van der Waals surface area contributed by atoms with Crippen molar-refractivity contribution in [1.29, 1.82) is 0 Å². The number of likely N-dealkylation sites (N-methyl/N-ethyl adjacent to an activating group) is 1. The number of hydrogen-bond acceptors (Lipinski definition) is 3. The molecule has 82 valence electrons. The molecule has 0 aromatic heterocycles. The summed E-state index contributed by atoms with van der Waals surface area (Å²) in [5.41, 5.74) is 6.26. The Hall–Kier alpha value is -1.23. The number of halogens is 1. The zero-order valence-corrected chi connectivity index (χ0v) is 10.2. The summed E-state index contributed by atoms with van der Waals surface area (Å²) in [6.45, 7) is 1.68. The third kappa shape index (κ3) is 2.86. The van der Waals surface area contributed by atoms with E-state index in [0.717, 1.165) is 0 Å².